The van der Waals surface area contributed by atoms with Gasteiger partial charge in [-0.05, 0) is 23.8 Å². The van der Waals surface area contributed by atoms with Gasteiger partial charge in [0, 0.05) is 21.8 Å². The number of hydrogen-bond acceptors (Lipinski definition) is 3. The molecule has 0 aliphatic rings. The number of rotatable bonds is 5. The number of carbonyl (C=O) groups excluding carboxylic acids is 1. The lowest BCUT2D eigenvalue weighted by Gasteiger charge is -2.02. The van der Waals surface area contributed by atoms with Gasteiger partial charge in [0.05, 0.1) is 12.2 Å². The van der Waals surface area contributed by atoms with E-state index in [0.717, 1.165) is 15.6 Å². The molecule has 1 heterocycles. The fourth-order valence-electron chi connectivity index (χ4n) is 2.53. The van der Waals surface area contributed by atoms with Crippen molar-refractivity contribution in [1.29, 1.82) is 5.26 Å². The van der Waals surface area contributed by atoms with Crippen molar-refractivity contribution in [2.75, 3.05) is 0 Å². The third kappa shape index (κ3) is 4.08. The number of primary amides is 1. The topological polar surface area (TPSA) is 84.7 Å². The molecule has 0 fully saturated rings. The largest absolute Gasteiger partial charge is 0.365 e. The Morgan fingerprint density at radius 2 is 1.88 bits per heavy atom. The summed E-state index contributed by atoms with van der Waals surface area (Å²) in [5, 5.41) is 13.8. The van der Waals surface area contributed by atoms with Crippen molar-refractivity contribution in [2.24, 2.45) is 5.73 Å². The van der Waals surface area contributed by atoms with Gasteiger partial charge in [-0.25, -0.2) is 0 Å². The minimum absolute atomic E-state index is 0.106. The van der Waals surface area contributed by atoms with Gasteiger partial charge in [-0.3, -0.25) is 9.48 Å². The fraction of sp³-hybridized carbons (Fsp3) is 0.0500. The molecule has 0 radical (unpaired) electrons. The van der Waals surface area contributed by atoms with Crippen LogP contribution in [0.2, 0.25) is 0 Å². The maximum atomic E-state index is 11.4. The summed E-state index contributed by atoms with van der Waals surface area (Å²) < 4.78 is 2.79. The maximum Gasteiger partial charge on any atom is 0.259 e. The highest BCUT2D eigenvalue weighted by Crippen LogP contribution is 2.24. The molecule has 0 atom stereocenters. The Labute approximate surface area is 159 Å². The molecular formula is C20H15BrN4O. The van der Waals surface area contributed by atoms with E-state index in [2.05, 4.69) is 21.0 Å². The number of benzene rings is 2. The second-order valence-corrected chi connectivity index (χ2v) is 6.57. The number of halogens is 1. The predicted molar refractivity (Wildman–Crippen MR) is 104 cm³/mol. The number of nitrogens with two attached hydrogens (primary N) is 1. The summed E-state index contributed by atoms with van der Waals surface area (Å²) in [7, 11) is 0. The number of aromatic nitrogens is 2. The molecule has 0 aliphatic heterocycles. The van der Waals surface area contributed by atoms with Crippen LogP contribution >= 0.6 is 15.9 Å². The molecule has 1 amide bonds. The molecule has 6 heteroatoms. The number of amides is 1. The highest BCUT2D eigenvalue weighted by molar-refractivity contribution is 9.10. The van der Waals surface area contributed by atoms with E-state index in [4.69, 9.17) is 11.0 Å². The molecule has 26 heavy (non-hydrogen) atoms. The first kappa shape index (κ1) is 17.6. The zero-order valence-corrected chi connectivity index (χ0v) is 15.3. The Kier molecular flexibility index (Phi) is 5.30. The molecule has 128 valence electrons. The van der Waals surface area contributed by atoms with E-state index in [1.807, 2.05) is 66.9 Å². The fourth-order valence-corrected chi connectivity index (χ4v) is 2.80. The average molecular weight is 407 g/mol. The molecular weight excluding hydrogens is 392 g/mol. The van der Waals surface area contributed by atoms with E-state index >= 15 is 0 Å². The van der Waals surface area contributed by atoms with E-state index in [0.29, 0.717) is 17.8 Å². The second kappa shape index (κ2) is 7.81. The van der Waals surface area contributed by atoms with Crippen molar-refractivity contribution in [1.82, 2.24) is 9.78 Å². The highest BCUT2D eigenvalue weighted by atomic mass is 79.9. The monoisotopic (exact) mass is 406 g/mol. The lowest BCUT2D eigenvalue weighted by atomic mass is 10.1. The SMILES string of the molecule is N#C/C(=C\c1cn(Cc2ccc(Br)cc2)nc1-c1ccccc1)C(N)=O. The molecule has 0 spiro atoms. The lowest BCUT2D eigenvalue weighted by Crippen LogP contribution is -2.12. The standard InChI is InChI=1S/C20H15BrN4O/c21-18-8-6-14(7-9-18)12-25-13-17(10-16(11-22)20(23)26)19(24-25)15-4-2-1-3-5-15/h1-10,13H,12H2,(H2,23,26)/b16-10+. The Morgan fingerprint density at radius 3 is 2.50 bits per heavy atom. The molecule has 3 rings (SSSR count). The molecule has 1 aromatic heterocycles. The average Bonchev–Trinajstić information content (AvgIpc) is 3.04. The molecule has 2 N–H and O–H groups in total. The first-order valence-electron chi connectivity index (χ1n) is 7.86. The van der Waals surface area contributed by atoms with Gasteiger partial charge < -0.3 is 5.73 Å². The third-order valence-electron chi connectivity index (χ3n) is 3.78. The van der Waals surface area contributed by atoms with E-state index in [1.54, 1.807) is 4.68 Å². The van der Waals surface area contributed by atoms with Crippen molar-refractivity contribution >= 4 is 27.9 Å². The zero-order chi connectivity index (χ0) is 18.5. The summed E-state index contributed by atoms with van der Waals surface area (Å²) in [6.45, 7) is 0.569. The lowest BCUT2D eigenvalue weighted by molar-refractivity contribution is -0.114. The zero-order valence-electron chi connectivity index (χ0n) is 13.8. The van der Waals surface area contributed by atoms with Crippen LogP contribution in [-0.4, -0.2) is 15.7 Å². The number of nitriles is 1. The van der Waals surface area contributed by atoms with Crippen molar-refractivity contribution in [3.8, 4) is 17.3 Å². The van der Waals surface area contributed by atoms with Crippen LogP contribution in [0, 0.1) is 11.3 Å². The third-order valence-corrected chi connectivity index (χ3v) is 4.31. The van der Waals surface area contributed by atoms with Gasteiger partial charge in [0.2, 0.25) is 0 Å². The normalized spacial score (nSPS) is 11.2. The van der Waals surface area contributed by atoms with Crippen molar-refractivity contribution in [2.45, 2.75) is 6.54 Å². The molecule has 0 saturated heterocycles. The number of nitrogens with zero attached hydrogens (tertiary/aromatic N) is 3. The molecule has 3 aromatic rings. The Balaban J connectivity index is 2.04. The van der Waals surface area contributed by atoms with Gasteiger partial charge >= 0.3 is 0 Å². The van der Waals surface area contributed by atoms with Crippen LogP contribution in [0.15, 0.2) is 70.8 Å². The van der Waals surface area contributed by atoms with Gasteiger partial charge in [0.15, 0.2) is 0 Å². The summed E-state index contributed by atoms with van der Waals surface area (Å²) in [5.41, 5.74) is 8.50. The molecule has 2 aromatic carbocycles. The van der Waals surface area contributed by atoms with Crippen LogP contribution in [0.25, 0.3) is 17.3 Å². The van der Waals surface area contributed by atoms with Crippen LogP contribution in [-0.2, 0) is 11.3 Å². The summed E-state index contributed by atoms with van der Waals surface area (Å²) in [5.74, 6) is -0.757. The second-order valence-electron chi connectivity index (χ2n) is 5.66. The van der Waals surface area contributed by atoms with Gasteiger partial charge in [-0.1, -0.05) is 58.4 Å². The van der Waals surface area contributed by atoms with Gasteiger partial charge in [0.25, 0.3) is 5.91 Å². The van der Waals surface area contributed by atoms with Gasteiger partial charge in [-0.15, -0.1) is 0 Å². The van der Waals surface area contributed by atoms with E-state index in [1.165, 1.54) is 6.08 Å². The van der Waals surface area contributed by atoms with Crippen LogP contribution in [0.1, 0.15) is 11.1 Å². The number of hydrogen-bond donors (Lipinski definition) is 1. The smallest absolute Gasteiger partial charge is 0.259 e. The summed E-state index contributed by atoms with van der Waals surface area (Å²) in [4.78, 5) is 11.4. The van der Waals surface area contributed by atoms with E-state index < -0.39 is 5.91 Å². The van der Waals surface area contributed by atoms with Crippen molar-refractivity contribution in [3.05, 3.63) is 82.0 Å². The molecule has 0 saturated carbocycles. The molecule has 0 bridgehead atoms. The van der Waals surface area contributed by atoms with Crippen LogP contribution in [0.4, 0.5) is 0 Å². The molecule has 5 nitrogen and oxygen atoms in total. The minimum atomic E-state index is -0.757. The van der Waals surface area contributed by atoms with E-state index in [9.17, 15) is 4.79 Å². The van der Waals surface area contributed by atoms with E-state index in [-0.39, 0.29) is 5.57 Å². The molecule has 0 unspecified atom stereocenters. The number of carbonyl (C=O) groups is 1. The highest BCUT2D eigenvalue weighted by Gasteiger charge is 2.13. The van der Waals surface area contributed by atoms with Gasteiger partial charge in [-0.2, -0.15) is 10.4 Å². The van der Waals surface area contributed by atoms with Crippen LogP contribution in [0.5, 0.6) is 0 Å². The quantitative estimate of drug-likeness (QED) is 0.516. The van der Waals surface area contributed by atoms with Crippen LogP contribution in [0.3, 0.4) is 0 Å². The first-order valence-corrected chi connectivity index (χ1v) is 8.65. The minimum Gasteiger partial charge on any atom is -0.365 e. The predicted octanol–water partition coefficient (Wildman–Crippen LogP) is 3.75. The molecule has 0 aliphatic carbocycles. The van der Waals surface area contributed by atoms with Crippen molar-refractivity contribution in [3.63, 3.8) is 0 Å². The van der Waals surface area contributed by atoms with Crippen LogP contribution < -0.4 is 5.73 Å². The summed E-state index contributed by atoms with van der Waals surface area (Å²) in [6, 6.07) is 19.4. The summed E-state index contributed by atoms with van der Waals surface area (Å²) in [6.07, 6.45) is 3.29. The Bertz CT molecular complexity index is 999. The maximum absolute atomic E-state index is 11.4. The first-order chi connectivity index (χ1) is 12.6. The summed E-state index contributed by atoms with van der Waals surface area (Å²) >= 11 is 3.42. The van der Waals surface area contributed by atoms with Gasteiger partial charge in [0.1, 0.15) is 11.6 Å². The Morgan fingerprint density at radius 1 is 1.19 bits per heavy atom. The Hall–Kier alpha value is -3.17. The van der Waals surface area contributed by atoms with Crippen molar-refractivity contribution < 1.29 is 4.79 Å².